The molecular formula is C18H34O4Sn. The van der Waals surface area contributed by atoms with Gasteiger partial charge in [-0.25, -0.2) is 0 Å². The average molecular weight is 433 g/mol. The predicted molar refractivity (Wildman–Crippen MR) is 94.3 cm³/mol. The van der Waals surface area contributed by atoms with Crippen LogP contribution in [-0.4, -0.2) is 31.1 Å². The number of carbonyl (C=O) groups excluding carboxylic acids is 2. The van der Waals surface area contributed by atoms with E-state index < -0.39 is 19.2 Å². The van der Waals surface area contributed by atoms with E-state index in [1.54, 1.807) is 0 Å². The van der Waals surface area contributed by atoms with Crippen molar-refractivity contribution < 1.29 is 15.7 Å². The molecule has 1 heterocycles. The van der Waals surface area contributed by atoms with Gasteiger partial charge in [-0.1, -0.05) is 0 Å². The van der Waals surface area contributed by atoms with E-state index >= 15 is 0 Å². The zero-order chi connectivity index (χ0) is 17.0. The van der Waals surface area contributed by atoms with Crippen molar-refractivity contribution in [2.24, 2.45) is 0 Å². The summed E-state index contributed by atoms with van der Waals surface area (Å²) in [6, 6.07) is 0. The number of unbranched alkanes of at least 4 members (excludes halogenated alkanes) is 2. The molecule has 4 nitrogen and oxygen atoms in total. The van der Waals surface area contributed by atoms with Crippen LogP contribution in [0.4, 0.5) is 0 Å². The van der Waals surface area contributed by atoms with Gasteiger partial charge < -0.3 is 0 Å². The topological polar surface area (TPSA) is 52.6 Å². The maximum absolute atomic E-state index is 12.3. The first-order valence-corrected chi connectivity index (χ1v) is 15.9. The van der Waals surface area contributed by atoms with Gasteiger partial charge in [-0.05, 0) is 0 Å². The maximum atomic E-state index is 12.3. The molecule has 0 aromatic rings. The molecule has 1 rings (SSSR count). The molecule has 0 amide bonds. The molecule has 5 heteroatoms. The summed E-state index contributed by atoms with van der Waals surface area (Å²) in [7, 11) is 0. The summed E-state index contributed by atoms with van der Waals surface area (Å²) in [4.78, 5) is 24.5. The van der Waals surface area contributed by atoms with Crippen LogP contribution in [0.2, 0.25) is 8.87 Å². The molecule has 0 N–H and O–H groups in total. The molecular weight excluding hydrogens is 399 g/mol. The minimum atomic E-state index is -3.62. The predicted octanol–water partition coefficient (Wildman–Crippen LogP) is 5.25. The van der Waals surface area contributed by atoms with Crippen LogP contribution in [0, 0.1) is 0 Å². The van der Waals surface area contributed by atoms with E-state index in [1.165, 1.54) is 0 Å². The fraction of sp³-hybridized carbons (Fsp3) is 0.889. The SMILES string of the molecule is CCC[CH2][Sn]1([CH2]CCC)[O]C(=O)CCCCCCCCC(=O)[O]1. The molecule has 0 unspecified atom stereocenters. The Morgan fingerprint density at radius 3 is 1.52 bits per heavy atom. The van der Waals surface area contributed by atoms with E-state index in [9.17, 15) is 9.59 Å². The Bertz CT molecular complexity index is 323. The second-order valence-corrected chi connectivity index (χ2v) is 15.9. The van der Waals surface area contributed by atoms with Gasteiger partial charge in [0.15, 0.2) is 0 Å². The van der Waals surface area contributed by atoms with Crippen molar-refractivity contribution in [3.8, 4) is 0 Å². The molecule has 0 aromatic carbocycles. The Balaban J connectivity index is 2.84. The van der Waals surface area contributed by atoms with Gasteiger partial charge in [-0.3, -0.25) is 0 Å². The Labute approximate surface area is 146 Å². The van der Waals surface area contributed by atoms with Crippen LogP contribution >= 0.6 is 0 Å². The second kappa shape index (κ2) is 12.2. The van der Waals surface area contributed by atoms with Gasteiger partial charge in [0.1, 0.15) is 0 Å². The number of hydrogen-bond acceptors (Lipinski definition) is 4. The molecule has 1 saturated heterocycles. The molecule has 23 heavy (non-hydrogen) atoms. The fourth-order valence-electron chi connectivity index (χ4n) is 3.00. The van der Waals surface area contributed by atoms with Crippen molar-refractivity contribution >= 4 is 31.1 Å². The summed E-state index contributed by atoms with van der Waals surface area (Å²) in [6.07, 6.45) is 11.3. The van der Waals surface area contributed by atoms with Gasteiger partial charge in [-0.15, -0.1) is 0 Å². The summed E-state index contributed by atoms with van der Waals surface area (Å²) in [5.74, 6) is -0.250. The molecule has 0 atom stereocenters. The summed E-state index contributed by atoms with van der Waals surface area (Å²) in [5, 5.41) is 0. The second-order valence-electron chi connectivity index (χ2n) is 6.69. The Morgan fingerprint density at radius 2 is 1.13 bits per heavy atom. The molecule has 1 aliphatic rings. The third kappa shape index (κ3) is 8.96. The first-order valence-electron chi connectivity index (χ1n) is 9.55. The molecule has 0 saturated carbocycles. The van der Waals surface area contributed by atoms with Gasteiger partial charge >= 0.3 is 147 Å². The zero-order valence-electron chi connectivity index (χ0n) is 15.0. The van der Waals surface area contributed by atoms with Crippen molar-refractivity contribution in [3.63, 3.8) is 0 Å². The van der Waals surface area contributed by atoms with E-state index in [-0.39, 0.29) is 11.9 Å². The molecule has 134 valence electrons. The number of carbonyl (C=O) groups is 2. The van der Waals surface area contributed by atoms with Crippen LogP contribution in [-0.2, 0) is 15.7 Å². The number of hydrogen-bond donors (Lipinski definition) is 0. The molecule has 0 aromatic heterocycles. The molecule has 0 spiro atoms. The van der Waals surface area contributed by atoms with Crippen molar-refractivity contribution in [3.05, 3.63) is 0 Å². The van der Waals surface area contributed by atoms with Crippen LogP contribution in [0.25, 0.3) is 0 Å². The van der Waals surface area contributed by atoms with E-state index in [0.29, 0.717) is 12.8 Å². The normalized spacial score (nSPS) is 20.6. The molecule has 0 radical (unpaired) electrons. The number of rotatable bonds is 6. The van der Waals surface area contributed by atoms with E-state index in [0.717, 1.165) is 73.1 Å². The first kappa shape index (κ1) is 20.8. The van der Waals surface area contributed by atoms with Gasteiger partial charge in [0, 0.05) is 0 Å². The molecule has 0 bridgehead atoms. The fourth-order valence-corrected chi connectivity index (χ4v) is 13.0. The van der Waals surface area contributed by atoms with Gasteiger partial charge in [-0.2, -0.15) is 0 Å². The van der Waals surface area contributed by atoms with Crippen LogP contribution in [0.3, 0.4) is 0 Å². The van der Waals surface area contributed by atoms with Crippen LogP contribution < -0.4 is 0 Å². The standard InChI is InChI=1S/C10H18O4.2C4H9.Sn/c11-9(12)7-5-3-1-2-4-6-8-10(13)14;2*1-3-4-2;/h1-8H2,(H,11,12)(H,13,14);2*1,3-4H2,2H3;/q;;;+2/p-2. The van der Waals surface area contributed by atoms with Crippen LogP contribution in [0.5, 0.6) is 0 Å². The third-order valence-corrected chi connectivity index (χ3v) is 14.2. The first-order chi connectivity index (χ1) is 11.1. The van der Waals surface area contributed by atoms with Crippen molar-refractivity contribution in [2.75, 3.05) is 0 Å². The quantitative estimate of drug-likeness (QED) is 0.537. The average Bonchev–Trinajstić information content (AvgIpc) is 2.54. The van der Waals surface area contributed by atoms with E-state index in [4.69, 9.17) is 6.15 Å². The minimum absolute atomic E-state index is 0.125. The Hall–Kier alpha value is -0.261. The van der Waals surface area contributed by atoms with Crippen molar-refractivity contribution in [1.29, 1.82) is 0 Å². The van der Waals surface area contributed by atoms with Gasteiger partial charge in [0.25, 0.3) is 0 Å². The summed E-state index contributed by atoms with van der Waals surface area (Å²) in [5.41, 5.74) is 0. The monoisotopic (exact) mass is 434 g/mol. The van der Waals surface area contributed by atoms with E-state index in [1.807, 2.05) is 0 Å². The van der Waals surface area contributed by atoms with Gasteiger partial charge in [0.2, 0.25) is 0 Å². The van der Waals surface area contributed by atoms with E-state index in [2.05, 4.69) is 13.8 Å². The molecule has 1 aliphatic heterocycles. The Morgan fingerprint density at radius 1 is 0.739 bits per heavy atom. The summed E-state index contributed by atoms with van der Waals surface area (Å²) >= 11 is -3.62. The van der Waals surface area contributed by atoms with Crippen molar-refractivity contribution in [2.45, 2.75) is 99.8 Å². The third-order valence-electron chi connectivity index (χ3n) is 4.43. The van der Waals surface area contributed by atoms with Crippen molar-refractivity contribution in [1.82, 2.24) is 0 Å². The van der Waals surface area contributed by atoms with Crippen LogP contribution in [0.1, 0.15) is 90.9 Å². The van der Waals surface area contributed by atoms with Gasteiger partial charge in [0.05, 0.1) is 0 Å². The molecule has 1 fully saturated rings. The zero-order valence-corrected chi connectivity index (χ0v) is 17.9. The summed E-state index contributed by atoms with van der Waals surface area (Å²) < 4.78 is 13.6. The summed E-state index contributed by atoms with van der Waals surface area (Å²) in [6.45, 7) is 4.26. The Kier molecular flexibility index (Phi) is 11.0. The molecule has 0 aliphatic carbocycles. The van der Waals surface area contributed by atoms with Crippen LogP contribution in [0.15, 0.2) is 0 Å².